The Balaban J connectivity index is 1.67. The molecule has 5 heteroatoms. The summed E-state index contributed by atoms with van der Waals surface area (Å²) in [5.74, 6) is 0.748. The van der Waals surface area contributed by atoms with E-state index < -0.39 is 0 Å². The van der Waals surface area contributed by atoms with Crippen molar-refractivity contribution in [3.63, 3.8) is 0 Å². The van der Waals surface area contributed by atoms with Crippen LogP contribution in [0.5, 0.6) is 0 Å². The fraction of sp³-hybridized carbons (Fsp3) is 0.143. The molecule has 0 radical (unpaired) electrons. The number of furan rings is 1. The molecule has 0 fully saturated rings. The molecular formula is C21H19N3OS. The predicted octanol–water partition coefficient (Wildman–Crippen LogP) is 4.98. The third-order valence-electron chi connectivity index (χ3n) is 4.24. The Morgan fingerprint density at radius 2 is 1.85 bits per heavy atom. The lowest BCUT2D eigenvalue weighted by molar-refractivity contribution is 0.603. The highest BCUT2D eigenvalue weighted by atomic mass is 32.1. The topological polar surface area (TPSA) is 42.8 Å². The van der Waals surface area contributed by atoms with E-state index in [4.69, 9.17) is 4.42 Å². The summed E-state index contributed by atoms with van der Waals surface area (Å²) >= 11 is 1.60. The molecule has 4 rings (SSSR count). The van der Waals surface area contributed by atoms with Crippen LogP contribution in [0.25, 0.3) is 11.0 Å². The Labute approximate surface area is 155 Å². The van der Waals surface area contributed by atoms with E-state index in [9.17, 15) is 0 Å². The Hall–Kier alpha value is -2.92. The summed E-state index contributed by atoms with van der Waals surface area (Å²) in [6, 6.07) is 20.3. The van der Waals surface area contributed by atoms with Gasteiger partial charge in [0.2, 0.25) is 4.80 Å². The molecule has 0 N–H and O–H groups in total. The van der Waals surface area contributed by atoms with E-state index in [1.807, 2.05) is 43.3 Å². The second-order valence-electron chi connectivity index (χ2n) is 6.17. The average molecular weight is 361 g/mol. The monoisotopic (exact) mass is 361 g/mol. The van der Waals surface area contributed by atoms with Crippen molar-refractivity contribution >= 4 is 28.0 Å². The van der Waals surface area contributed by atoms with Gasteiger partial charge >= 0.3 is 0 Å². The molecule has 0 aliphatic rings. The molecule has 0 unspecified atom stereocenters. The van der Waals surface area contributed by atoms with Crippen molar-refractivity contribution in [2.75, 3.05) is 0 Å². The lowest BCUT2D eigenvalue weighted by Crippen LogP contribution is -2.16. The number of aryl methyl sites for hydroxylation is 1. The molecule has 2 heterocycles. The quantitative estimate of drug-likeness (QED) is 0.373. The first-order chi connectivity index (χ1) is 12.7. The minimum absolute atomic E-state index is 0.748. The van der Waals surface area contributed by atoms with Crippen LogP contribution in [-0.4, -0.2) is 10.3 Å². The van der Waals surface area contributed by atoms with Crippen molar-refractivity contribution in [2.45, 2.75) is 20.4 Å². The van der Waals surface area contributed by atoms with Crippen LogP contribution in [-0.2, 0) is 6.54 Å². The second kappa shape index (κ2) is 7.14. The first-order valence-electron chi connectivity index (χ1n) is 8.47. The summed E-state index contributed by atoms with van der Waals surface area (Å²) in [5.41, 5.74) is 4.05. The first kappa shape index (κ1) is 16.5. The van der Waals surface area contributed by atoms with E-state index in [0.717, 1.165) is 33.8 Å². The largest absolute Gasteiger partial charge is 0.455 e. The standard InChI is InChI=1S/C21H19N3OS/c1-15-14-26-21(24(15)13-17-8-4-3-5-9-17)23-22-16(2)20-12-18-10-6-7-11-19(18)25-20/h3-12,14H,13H2,1-2H3/b22-16+,23-21-. The molecule has 0 spiro atoms. The van der Waals surface area contributed by atoms with Crippen LogP contribution in [0.15, 0.2) is 80.7 Å². The van der Waals surface area contributed by atoms with Gasteiger partial charge in [-0.1, -0.05) is 48.5 Å². The summed E-state index contributed by atoms with van der Waals surface area (Å²) in [5, 5.41) is 12.1. The zero-order chi connectivity index (χ0) is 17.9. The molecule has 0 atom stereocenters. The molecule has 0 saturated carbocycles. The van der Waals surface area contributed by atoms with Gasteiger partial charge in [0.25, 0.3) is 0 Å². The van der Waals surface area contributed by atoms with Crippen molar-refractivity contribution in [3.05, 3.63) is 87.9 Å². The summed E-state index contributed by atoms with van der Waals surface area (Å²) in [6.45, 7) is 4.80. The molecule has 2 aromatic heterocycles. The zero-order valence-electron chi connectivity index (χ0n) is 14.7. The van der Waals surface area contributed by atoms with Crippen molar-refractivity contribution in [1.82, 2.24) is 4.57 Å². The van der Waals surface area contributed by atoms with Gasteiger partial charge in [-0.05, 0) is 31.5 Å². The average Bonchev–Trinajstić information content (AvgIpc) is 3.25. The molecule has 0 bridgehead atoms. The minimum Gasteiger partial charge on any atom is -0.455 e. The highest BCUT2D eigenvalue weighted by molar-refractivity contribution is 7.07. The van der Waals surface area contributed by atoms with E-state index in [1.165, 1.54) is 11.3 Å². The number of benzene rings is 2. The van der Waals surface area contributed by atoms with E-state index in [2.05, 4.69) is 51.3 Å². The number of fused-ring (bicyclic) bond motifs is 1. The number of hydrogen-bond acceptors (Lipinski definition) is 4. The van der Waals surface area contributed by atoms with Gasteiger partial charge in [0.05, 0.1) is 6.54 Å². The summed E-state index contributed by atoms with van der Waals surface area (Å²) in [4.78, 5) is 0.877. The lowest BCUT2D eigenvalue weighted by Gasteiger charge is -2.05. The van der Waals surface area contributed by atoms with Crippen LogP contribution in [0.3, 0.4) is 0 Å². The van der Waals surface area contributed by atoms with Crippen LogP contribution in [0.1, 0.15) is 23.9 Å². The van der Waals surface area contributed by atoms with Gasteiger partial charge in [0, 0.05) is 16.5 Å². The SMILES string of the molecule is C/C(=N\N=c1/scc(C)n1Cc1ccccc1)c1cc2ccccc2o1. The normalized spacial score (nSPS) is 12.8. The molecular weight excluding hydrogens is 342 g/mol. The smallest absolute Gasteiger partial charge is 0.211 e. The molecule has 2 aromatic carbocycles. The van der Waals surface area contributed by atoms with E-state index in [1.54, 1.807) is 11.3 Å². The highest BCUT2D eigenvalue weighted by Crippen LogP contribution is 2.19. The molecule has 0 aliphatic carbocycles. The van der Waals surface area contributed by atoms with Crippen LogP contribution < -0.4 is 4.80 Å². The zero-order valence-corrected chi connectivity index (χ0v) is 15.5. The number of nitrogens with zero attached hydrogens (tertiary/aromatic N) is 3. The van der Waals surface area contributed by atoms with Crippen LogP contribution in [0, 0.1) is 6.92 Å². The maximum Gasteiger partial charge on any atom is 0.211 e. The molecule has 4 aromatic rings. The number of hydrogen-bond donors (Lipinski definition) is 0. The lowest BCUT2D eigenvalue weighted by atomic mass is 10.2. The fourth-order valence-corrected chi connectivity index (χ4v) is 3.61. The van der Waals surface area contributed by atoms with Crippen LogP contribution in [0.2, 0.25) is 0 Å². The third kappa shape index (κ3) is 3.39. The van der Waals surface area contributed by atoms with Gasteiger partial charge in [0.15, 0.2) is 5.76 Å². The van der Waals surface area contributed by atoms with Crippen molar-refractivity contribution in [1.29, 1.82) is 0 Å². The molecule has 130 valence electrons. The Morgan fingerprint density at radius 3 is 2.65 bits per heavy atom. The van der Waals surface area contributed by atoms with Gasteiger partial charge in [-0.15, -0.1) is 21.5 Å². The van der Waals surface area contributed by atoms with Crippen molar-refractivity contribution in [2.24, 2.45) is 10.2 Å². The molecule has 0 saturated heterocycles. The highest BCUT2D eigenvalue weighted by Gasteiger charge is 2.06. The maximum absolute atomic E-state index is 5.86. The number of rotatable bonds is 4. The number of aromatic nitrogens is 1. The Bertz CT molecular complexity index is 1100. The molecule has 0 aliphatic heterocycles. The maximum atomic E-state index is 5.86. The van der Waals surface area contributed by atoms with Crippen molar-refractivity contribution in [3.8, 4) is 0 Å². The summed E-state index contributed by atoms with van der Waals surface area (Å²) in [6.07, 6.45) is 0. The van der Waals surface area contributed by atoms with Gasteiger partial charge < -0.3 is 8.98 Å². The molecule has 0 amide bonds. The first-order valence-corrected chi connectivity index (χ1v) is 9.35. The third-order valence-corrected chi connectivity index (χ3v) is 5.21. The van der Waals surface area contributed by atoms with E-state index in [0.29, 0.717) is 0 Å². The fourth-order valence-electron chi connectivity index (χ4n) is 2.78. The van der Waals surface area contributed by atoms with Gasteiger partial charge in [0.1, 0.15) is 11.3 Å². The van der Waals surface area contributed by atoms with Gasteiger partial charge in [-0.3, -0.25) is 0 Å². The van der Waals surface area contributed by atoms with Gasteiger partial charge in [-0.25, -0.2) is 0 Å². The predicted molar refractivity (Wildman–Crippen MR) is 107 cm³/mol. The van der Waals surface area contributed by atoms with Crippen molar-refractivity contribution < 1.29 is 4.42 Å². The second-order valence-corrected chi connectivity index (χ2v) is 7.00. The summed E-state index contributed by atoms with van der Waals surface area (Å²) in [7, 11) is 0. The van der Waals surface area contributed by atoms with Gasteiger partial charge in [-0.2, -0.15) is 0 Å². The number of para-hydroxylation sites is 1. The molecule has 4 nitrogen and oxygen atoms in total. The number of thiazole rings is 1. The van der Waals surface area contributed by atoms with E-state index in [-0.39, 0.29) is 0 Å². The summed E-state index contributed by atoms with van der Waals surface area (Å²) < 4.78 is 8.03. The Morgan fingerprint density at radius 1 is 1.08 bits per heavy atom. The molecule has 26 heavy (non-hydrogen) atoms. The van der Waals surface area contributed by atoms with Crippen LogP contribution in [0.4, 0.5) is 0 Å². The minimum atomic E-state index is 0.748. The Kier molecular flexibility index (Phi) is 4.54. The van der Waals surface area contributed by atoms with Crippen LogP contribution >= 0.6 is 11.3 Å². The van der Waals surface area contributed by atoms with E-state index >= 15 is 0 Å².